The van der Waals surface area contributed by atoms with Gasteiger partial charge in [0.05, 0.1) is 5.75 Å². The van der Waals surface area contributed by atoms with Crippen LogP contribution in [0.3, 0.4) is 0 Å². The number of hydrogen-bond donors (Lipinski definition) is 0. The van der Waals surface area contributed by atoms with Crippen LogP contribution in [0.2, 0.25) is 0 Å². The third kappa shape index (κ3) is 3.49. The van der Waals surface area contributed by atoms with E-state index in [1.165, 1.54) is 16.5 Å². The van der Waals surface area contributed by atoms with Gasteiger partial charge in [-0.3, -0.25) is 0 Å². The molecule has 0 bridgehead atoms. The molecule has 2 aromatic rings. The van der Waals surface area contributed by atoms with Crippen LogP contribution in [-0.2, 0) is 5.75 Å². The monoisotopic (exact) mass is 246 g/mol. The second-order valence-electron chi connectivity index (χ2n) is 4.02. The third-order valence-corrected chi connectivity index (χ3v) is 3.40. The lowest BCUT2D eigenvalue weighted by molar-refractivity contribution is 0.475. The SMILES string of the molecule is Cc1ccc(SCc2cc(C)cc(=O)o2)cc1. The van der Waals surface area contributed by atoms with Crippen LogP contribution in [0.25, 0.3) is 0 Å². The van der Waals surface area contributed by atoms with Crippen LogP contribution in [-0.4, -0.2) is 0 Å². The number of hydrogen-bond acceptors (Lipinski definition) is 3. The van der Waals surface area contributed by atoms with Gasteiger partial charge in [-0.1, -0.05) is 17.7 Å². The quantitative estimate of drug-likeness (QED) is 0.776. The lowest BCUT2D eigenvalue weighted by atomic mass is 10.2. The van der Waals surface area contributed by atoms with Gasteiger partial charge in [0.1, 0.15) is 5.76 Å². The molecule has 0 radical (unpaired) electrons. The summed E-state index contributed by atoms with van der Waals surface area (Å²) >= 11 is 1.67. The predicted octanol–water partition coefficient (Wildman–Crippen LogP) is 3.55. The Hall–Kier alpha value is -1.48. The molecule has 0 spiro atoms. The fourth-order valence-electron chi connectivity index (χ4n) is 1.53. The second kappa shape index (κ2) is 5.23. The van der Waals surface area contributed by atoms with E-state index in [0.717, 1.165) is 11.3 Å². The predicted molar refractivity (Wildman–Crippen MR) is 70.5 cm³/mol. The van der Waals surface area contributed by atoms with Crippen molar-refractivity contribution in [3.63, 3.8) is 0 Å². The lowest BCUT2D eigenvalue weighted by Gasteiger charge is -2.02. The average Bonchev–Trinajstić information content (AvgIpc) is 2.27. The topological polar surface area (TPSA) is 30.2 Å². The summed E-state index contributed by atoms with van der Waals surface area (Å²) in [6.07, 6.45) is 0. The highest BCUT2D eigenvalue weighted by molar-refractivity contribution is 7.98. The number of benzene rings is 1. The van der Waals surface area contributed by atoms with E-state index in [1.807, 2.05) is 13.0 Å². The molecule has 0 saturated heterocycles. The van der Waals surface area contributed by atoms with Gasteiger partial charge < -0.3 is 4.42 Å². The zero-order valence-corrected chi connectivity index (χ0v) is 10.7. The normalized spacial score (nSPS) is 10.5. The zero-order chi connectivity index (χ0) is 12.3. The van der Waals surface area contributed by atoms with E-state index in [4.69, 9.17) is 4.42 Å². The van der Waals surface area contributed by atoms with Crippen LogP contribution in [0.4, 0.5) is 0 Å². The molecule has 2 nitrogen and oxygen atoms in total. The minimum absolute atomic E-state index is 0.274. The maximum Gasteiger partial charge on any atom is 0.336 e. The lowest BCUT2D eigenvalue weighted by Crippen LogP contribution is -1.99. The van der Waals surface area contributed by atoms with E-state index in [9.17, 15) is 4.79 Å². The zero-order valence-electron chi connectivity index (χ0n) is 9.90. The second-order valence-corrected chi connectivity index (χ2v) is 5.07. The van der Waals surface area contributed by atoms with Gasteiger partial charge in [0, 0.05) is 11.0 Å². The smallest absolute Gasteiger partial charge is 0.336 e. The van der Waals surface area contributed by atoms with Crippen LogP contribution in [0.1, 0.15) is 16.9 Å². The maximum atomic E-state index is 11.2. The molecule has 0 fully saturated rings. The van der Waals surface area contributed by atoms with Crippen molar-refractivity contribution in [1.82, 2.24) is 0 Å². The van der Waals surface area contributed by atoms with Gasteiger partial charge in [-0.15, -0.1) is 11.8 Å². The van der Waals surface area contributed by atoms with Crippen molar-refractivity contribution >= 4 is 11.8 Å². The molecular weight excluding hydrogens is 232 g/mol. The molecular formula is C14H14O2S. The fourth-order valence-corrected chi connectivity index (χ4v) is 2.31. The molecule has 0 unspecified atom stereocenters. The van der Waals surface area contributed by atoms with E-state index in [-0.39, 0.29) is 5.63 Å². The maximum absolute atomic E-state index is 11.2. The molecule has 1 aromatic heterocycles. The largest absolute Gasteiger partial charge is 0.427 e. The first-order valence-corrected chi connectivity index (χ1v) is 6.42. The first-order chi connectivity index (χ1) is 8.13. The summed E-state index contributed by atoms with van der Waals surface area (Å²) in [6, 6.07) is 11.7. The summed E-state index contributed by atoms with van der Waals surface area (Å²) in [5.74, 6) is 1.40. The van der Waals surface area contributed by atoms with Crippen molar-refractivity contribution in [2.24, 2.45) is 0 Å². The van der Waals surface area contributed by atoms with Crippen LogP contribution in [0.5, 0.6) is 0 Å². The van der Waals surface area contributed by atoms with Gasteiger partial charge in [-0.25, -0.2) is 4.79 Å². The van der Waals surface area contributed by atoms with Crippen LogP contribution >= 0.6 is 11.8 Å². The molecule has 0 aliphatic heterocycles. The standard InChI is InChI=1S/C14H14O2S/c1-10-3-5-13(6-4-10)17-9-12-7-11(2)8-14(15)16-12/h3-8H,9H2,1-2H3. The van der Waals surface area contributed by atoms with Crippen LogP contribution in [0, 0.1) is 13.8 Å². The molecule has 88 valence electrons. The highest BCUT2D eigenvalue weighted by Gasteiger charge is 2.01. The van der Waals surface area contributed by atoms with Crippen molar-refractivity contribution in [2.75, 3.05) is 0 Å². The van der Waals surface area contributed by atoms with Gasteiger partial charge in [0.25, 0.3) is 0 Å². The number of thioether (sulfide) groups is 1. The minimum atomic E-state index is -0.274. The Kier molecular flexibility index (Phi) is 3.69. The number of rotatable bonds is 3. The summed E-state index contributed by atoms with van der Waals surface area (Å²) < 4.78 is 5.13. The van der Waals surface area contributed by atoms with E-state index >= 15 is 0 Å². The molecule has 0 amide bonds. The van der Waals surface area contributed by atoms with E-state index in [1.54, 1.807) is 11.8 Å². The Balaban J connectivity index is 2.07. The Morgan fingerprint density at radius 2 is 1.76 bits per heavy atom. The molecule has 2 rings (SSSR count). The van der Waals surface area contributed by atoms with E-state index in [2.05, 4.69) is 31.2 Å². The summed E-state index contributed by atoms with van der Waals surface area (Å²) in [4.78, 5) is 12.4. The summed E-state index contributed by atoms with van der Waals surface area (Å²) in [5, 5.41) is 0. The molecule has 0 aliphatic rings. The molecule has 0 atom stereocenters. The molecule has 17 heavy (non-hydrogen) atoms. The highest BCUT2D eigenvalue weighted by atomic mass is 32.2. The van der Waals surface area contributed by atoms with Crippen molar-refractivity contribution in [2.45, 2.75) is 24.5 Å². The molecule has 0 aliphatic carbocycles. The summed E-state index contributed by atoms with van der Waals surface area (Å²) in [5.41, 5.74) is 1.92. The Morgan fingerprint density at radius 1 is 1.06 bits per heavy atom. The molecule has 3 heteroatoms. The van der Waals surface area contributed by atoms with Crippen molar-refractivity contribution in [1.29, 1.82) is 0 Å². The summed E-state index contributed by atoms with van der Waals surface area (Å²) in [6.45, 7) is 3.96. The van der Waals surface area contributed by atoms with E-state index < -0.39 is 0 Å². The third-order valence-electron chi connectivity index (χ3n) is 2.37. The van der Waals surface area contributed by atoms with Crippen molar-refractivity contribution in [3.8, 4) is 0 Å². The van der Waals surface area contributed by atoms with Gasteiger partial charge >= 0.3 is 5.63 Å². The summed E-state index contributed by atoms with van der Waals surface area (Å²) in [7, 11) is 0. The van der Waals surface area contributed by atoms with Gasteiger partial charge in [0.2, 0.25) is 0 Å². The Labute approximate surface area is 105 Å². The van der Waals surface area contributed by atoms with Gasteiger partial charge in [-0.2, -0.15) is 0 Å². The first kappa shape index (κ1) is 12.0. The minimum Gasteiger partial charge on any atom is -0.427 e. The van der Waals surface area contributed by atoms with E-state index in [0.29, 0.717) is 5.75 Å². The molecule has 0 saturated carbocycles. The Morgan fingerprint density at radius 3 is 2.41 bits per heavy atom. The van der Waals surface area contributed by atoms with Gasteiger partial charge in [0.15, 0.2) is 0 Å². The van der Waals surface area contributed by atoms with Crippen LogP contribution < -0.4 is 5.63 Å². The highest BCUT2D eigenvalue weighted by Crippen LogP contribution is 2.22. The molecule has 1 aromatic carbocycles. The van der Waals surface area contributed by atoms with Crippen molar-refractivity contribution < 1.29 is 4.42 Å². The first-order valence-electron chi connectivity index (χ1n) is 5.43. The van der Waals surface area contributed by atoms with Crippen LogP contribution in [0.15, 0.2) is 50.5 Å². The number of aryl methyl sites for hydroxylation is 2. The average molecular weight is 246 g/mol. The molecule has 0 N–H and O–H groups in total. The van der Waals surface area contributed by atoms with Crippen molar-refractivity contribution in [3.05, 3.63) is 63.7 Å². The fraction of sp³-hybridized carbons (Fsp3) is 0.214. The Bertz CT molecular complexity index is 555. The molecule has 1 heterocycles. The van der Waals surface area contributed by atoms with Gasteiger partial charge in [-0.05, 0) is 37.6 Å².